The van der Waals surface area contributed by atoms with Gasteiger partial charge in [-0.05, 0) is 55.2 Å². The predicted octanol–water partition coefficient (Wildman–Crippen LogP) is 4.33. The molecule has 23 heavy (non-hydrogen) atoms. The zero-order valence-electron chi connectivity index (χ0n) is 13.8. The number of ether oxygens (including phenoxy) is 2. The van der Waals surface area contributed by atoms with Crippen molar-refractivity contribution < 1.29 is 9.47 Å². The normalized spacial score (nSPS) is 13.2. The van der Waals surface area contributed by atoms with Crippen LogP contribution in [0.25, 0.3) is 0 Å². The molecule has 4 heteroatoms. The van der Waals surface area contributed by atoms with Crippen LogP contribution >= 0.6 is 11.6 Å². The molecule has 3 rings (SSSR count). The van der Waals surface area contributed by atoms with Crippen LogP contribution in [0.15, 0.2) is 24.3 Å². The highest BCUT2D eigenvalue weighted by Gasteiger charge is 2.16. The van der Waals surface area contributed by atoms with Crippen LogP contribution in [0.4, 0.5) is 0 Å². The summed E-state index contributed by atoms with van der Waals surface area (Å²) in [5.74, 6) is 1.40. The molecule has 0 saturated carbocycles. The van der Waals surface area contributed by atoms with E-state index in [1.54, 1.807) is 0 Å². The first-order valence-corrected chi connectivity index (χ1v) is 8.28. The van der Waals surface area contributed by atoms with Gasteiger partial charge in [0.1, 0.15) is 13.2 Å². The van der Waals surface area contributed by atoms with E-state index in [1.165, 1.54) is 22.3 Å². The van der Waals surface area contributed by atoms with Crippen LogP contribution in [0.3, 0.4) is 0 Å². The van der Waals surface area contributed by atoms with E-state index < -0.39 is 0 Å². The molecule has 1 N–H and O–H groups in total. The molecule has 0 saturated heterocycles. The summed E-state index contributed by atoms with van der Waals surface area (Å²) in [7, 11) is 0. The largest absolute Gasteiger partial charge is 0.486 e. The number of halogens is 1. The summed E-state index contributed by atoms with van der Waals surface area (Å²) in [5, 5.41) is 4.11. The van der Waals surface area contributed by atoms with Gasteiger partial charge in [-0.25, -0.2) is 0 Å². The van der Waals surface area contributed by atoms with Crippen molar-refractivity contribution in [3.05, 3.63) is 57.1 Å². The topological polar surface area (TPSA) is 30.5 Å². The summed E-state index contributed by atoms with van der Waals surface area (Å²) in [6, 6.07) is 8.40. The lowest BCUT2D eigenvalue weighted by Gasteiger charge is -2.20. The van der Waals surface area contributed by atoms with Gasteiger partial charge in [-0.15, -0.1) is 0 Å². The lowest BCUT2D eigenvalue weighted by molar-refractivity contribution is 0.171. The van der Waals surface area contributed by atoms with E-state index in [9.17, 15) is 0 Å². The highest BCUT2D eigenvalue weighted by molar-refractivity contribution is 6.32. The molecule has 0 atom stereocenters. The van der Waals surface area contributed by atoms with Gasteiger partial charge in [-0.1, -0.05) is 29.3 Å². The van der Waals surface area contributed by atoms with Gasteiger partial charge < -0.3 is 14.8 Å². The number of hydrogen-bond donors (Lipinski definition) is 1. The first-order chi connectivity index (χ1) is 11.0. The summed E-state index contributed by atoms with van der Waals surface area (Å²) in [5.41, 5.74) is 6.42. The zero-order valence-corrected chi connectivity index (χ0v) is 14.6. The molecule has 122 valence electrons. The van der Waals surface area contributed by atoms with Crippen LogP contribution in [-0.4, -0.2) is 13.2 Å². The summed E-state index contributed by atoms with van der Waals surface area (Å²) >= 11 is 6.28. The molecule has 2 aromatic carbocycles. The van der Waals surface area contributed by atoms with Crippen LogP contribution in [-0.2, 0) is 13.1 Å². The molecular weight excluding hydrogens is 310 g/mol. The lowest BCUT2D eigenvalue weighted by Crippen LogP contribution is -2.17. The van der Waals surface area contributed by atoms with Crippen LogP contribution < -0.4 is 14.8 Å². The predicted molar refractivity (Wildman–Crippen MR) is 93.6 cm³/mol. The summed E-state index contributed by atoms with van der Waals surface area (Å²) in [6.07, 6.45) is 0. The Balaban J connectivity index is 1.69. The minimum absolute atomic E-state index is 0.552. The van der Waals surface area contributed by atoms with Crippen LogP contribution in [0, 0.1) is 20.8 Å². The number of benzene rings is 2. The molecule has 0 amide bonds. The fourth-order valence-corrected chi connectivity index (χ4v) is 3.37. The maximum absolute atomic E-state index is 6.28. The van der Waals surface area contributed by atoms with Gasteiger partial charge in [-0.3, -0.25) is 0 Å². The van der Waals surface area contributed by atoms with Crippen LogP contribution in [0.1, 0.15) is 27.8 Å². The minimum Gasteiger partial charge on any atom is -0.486 e. The molecule has 3 nitrogen and oxygen atoms in total. The van der Waals surface area contributed by atoms with Gasteiger partial charge >= 0.3 is 0 Å². The lowest BCUT2D eigenvalue weighted by atomic mass is 10.00. The third kappa shape index (κ3) is 3.62. The number of nitrogens with one attached hydrogen (secondary N) is 1. The maximum Gasteiger partial charge on any atom is 0.179 e. The fourth-order valence-electron chi connectivity index (χ4n) is 3.09. The number of rotatable bonds is 4. The molecule has 1 aliphatic heterocycles. The smallest absolute Gasteiger partial charge is 0.179 e. The second-order valence-electron chi connectivity index (χ2n) is 6.08. The van der Waals surface area contributed by atoms with Gasteiger partial charge in [0.05, 0.1) is 5.02 Å². The third-order valence-electron chi connectivity index (χ3n) is 4.13. The number of fused-ring (bicyclic) bond motifs is 1. The van der Waals surface area contributed by atoms with E-state index in [0.29, 0.717) is 24.0 Å². The number of aryl methyl sites for hydroxylation is 3. The van der Waals surface area contributed by atoms with Crippen molar-refractivity contribution in [3.8, 4) is 11.5 Å². The minimum atomic E-state index is 0.552. The molecule has 0 unspecified atom stereocenters. The van der Waals surface area contributed by atoms with Gasteiger partial charge in [0, 0.05) is 13.1 Å². The fraction of sp³-hybridized carbons (Fsp3) is 0.368. The molecule has 1 aliphatic rings. The molecular formula is C19H22ClNO2. The quantitative estimate of drug-likeness (QED) is 0.904. The molecule has 0 aromatic heterocycles. The standard InChI is InChI=1S/C19H22ClNO2/c1-12-6-13(2)16(14(3)7-12)11-21-10-15-8-17(20)19-18(9-15)22-4-5-23-19/h6-9,21H,4-5,10-11H2,1-3H3. The molecule has 0 spiro atoms. The van der Waals surface area contributed by atoms with Crippen molar-refractivity contribution in [2.45, 2.75) is 33.9 Å². The van der Waals surface area contributed by atoms with E-state index >= 15 is 0 Å². The van der Waals surface area contributed by atoms with E-state index in [2.05, 4.69) is 38.2 Å². The van der Waals surface area contributed by atoms with Crippen molar-refractivity contribution in [1.29, 1.82) is 0 Å². The Morgan fingerprint density at radius 1 is 0.957 bits per heavy atom. The van der Waals surface area contributed by atoms with Crippen molar-refractivity contribution in [2.75, 3.05) is 13.2 Å². The van der Waals surface area contributed by atoms with Crippen molar-refractivity contribution in [1.82, 2.24) is 5.32 Å². The molecule has 1 heterocycles. The molecule has 2 aromatic rings. The van der Waals surface area contributed by atoms with Crippen molar-refractivity contribution >= 4 is 11.6 Å². The zero-order chi connectivity index (χ0) is 16.4. The summed E-state index contributed by atoms with van der Waals surface area (Å²) < 4.78 is 11.2. The number of hydrogen-bond acceptors (Lipinski definition) is 3. The van der Waals surface area contributed by atoms with Crippen LogP contribution in [0.5, 0.6) is 11.5 Å². The van der Waals surface area contributed by atoms with Gasteiger partial charge in [-0.2, -0.15) is 0 Å². The Hall–Kier alpha value is -1.71. The monoisotopic (exact) mass is 331 g/mol. The molecule has 0 aliphatic carbocycles. The third-order valence-corrected chi connectivity index (χ3v) is 4.41. The van der Waals surface area contributed by atoms with Crippen LogP contribution in [0.2, 0.25) is 5.02 Å². The second-order valence-corrected chi connectivity index (χ2v) is 6.49. The average molecular weight is 332 g/mol. The maximum atomic E-state index is 6.28. The molecule has 0 radical (unpaired) electrons. The Bertz CT molecular complexity index is 705. The average Bonchev–Trinajstić information content (AvgIpc) is 2.50. The summed E-state index contributed by atoms with van der Waals surface area (Å²) in [6.45, 7) is 9.16. The first-order valence-electron chi connectivity index (χ1n) is 7.90. The summed E-state index contributed by atoms with van der Waals surface area (Å²) in [4.78, 5) is 0. The Morgan fingerprint density at radius 2 is 1.65 bits per heavy atom. The highest BCUT2D eigenvalue weighted by atomic mass is 35.5. The van der Waals surface area contributed by atoms with Crippen molar-refractivity contribution in [3.63, 3.8) is 0 Å². The Kier molecular flexibility index (Phi) is 4.79. The van der Waals surface area contributed by atoms with Gasteiger partial charge in [0.15, 0.2) is 11.5 Å². The van der Waals surface area contributed by atoms with E-state index in [0.717, 1.165) is 24.4 Å². The Morgan fingerprint density at radius 3 is 2.39 bits per heavy atom. The van der Waals surface area contributed by atoms with E-state index in [-0.39, 0.29) is 0 Å². The van der Waals surface area contributed by atoms with Gasteiger partial charge in [0.2, 0.25) is 0 Å². The molecule has 0 fully saturated rings. The SMILES string of the molecule is Cc1cc(C)c(CNCc2cc(Cl)c3c(c2)OCCO3)c(C)c1. The second kappa shape index (κ2) is 6.81. The van der Waals surface area contributed by atoms with Crippen molar-refractivity contribution in [2.24, 2.45) is 0 Å². The van der Waals surface area contributed by atoms with E-state index in [1.807, 2.05) is 12.1 Å². The first kappa shape index (κ1) is 16.2. The highest BCUT2D eigenvalue weighted by Crippen LogP contribution is 2.38. The van der Waals surface area contributed by atoms with E-state index in [4.69, 9.17) is 21.1 Å². The van der Waals surface area contributed by atoms with Gasteiger partial charge in [0.25, 0.3) is 0 Å². The molecule has 0 bridgehead atoms. The Labute approximate surface area is 142 Å².